The van der Waals surface area contributed by atoms with E-state index in [1.165, 1.54) is 0 Å². The van der Waals surface area contributed by atoms with Crippen LogP contribution < -0.4 is 5.84 Å². The Morgan fingerprint density at radius 1 is 1.71 bits per heavy atom. The second-order valence-electron chi connectivity index (χ2n) is 1.50. The van der Waals surface area contributed by atoms with Crippen molar-refractivity contribution < 1.29 is 4.74 Å². The summed E-state index contributed by atoms with van der Waals surface area (Å²) >= 11 is 0. The highest BCUT2D eigenvalue weighted by molar-refractivity contribution is 4.65. The quantitative estimate of drug-likeness (QED) is 0.412. The highest BCUT2D eigenvalue weighted by Crippen LogP contribution is 1.92. The Kier molecular flexibility index (Phi) is 1.62. The van der Waals surface area contributed by atoms with Gasteiger partial charge in [-0.05, 0) is 0 Å². The maximum absolute atomic E-state index is 5.33. The normalized spacial score (nSPS) is 25.3. The van der Waals surface area contributed by atoms with Crippen LogP contribution in [0.25, 0.3) is 0 Å². The van der Waals surface area contributed by atoms with Crippen molar-refractivity contribution >= 4 is 0 Å². The number of hydrazine groups is 1. The zero-order valence-electron chi connectivity index (χ0n) is 4.13. The molecule has 0 saturated carbocycles. The number of hydrogen-bond acceptors (Lipinski definition) is 3. The molecule has 0 aromatic rings. The lowest BCUT2D eigenvalue weighted by molar-refractivity contribution is 0.0681. The number of morpholine rings is 1. The molecule has 7 heavy (non-hydrogen) atoms. The van der Waals surface area contributed by atoms with Crippen LogP contribution in [0.5, 0.6) is 0 Å². The molecule has 3 heteroatoms. The van der Waals surface area contributed by atoms with E-state index < -0.39 is 0 Å². The van der Waals surface area contributed by atoms with Gasteiger partial charge in [-0.15, -0.1) is 0 Å². The highest BCUT2D eigenvalue weighted by atomic mass is 16.5. The second-order valence-corrected chi connectivity index (χ2v) is 1.50. The maximum Gasteiger partial charge on any atom is 0.0667 e. The molecule has 0 aliphatic carbocycles. The molecule has 0 bridgehead atoms. The van der Waals surface area contributed by atoms with E-state index in [1.54, 1.807) is 5.01 Å². The summed E-state index contributed by atoms with van der Waals surface area (Å²) in [7, 11) is 0. The minimum Gasteiger partial charge on any atom is -0.378 e. The van der Waals surface area contributed by atoms with Gasteiger partial charge >= 0.3 is 0 Å². The first-order valence-corrected chi connectivity index (χ1v) is 2.32. The Balaban J connectivity index is 2.12. The van der Waals surface area contributed by atoms with Crippen molar-refractivity contribution in [2.75, 3.05) is 19.8 Å². The van der Waals surface area contributed by atoms with E-state index >= 15 is 0 Å². The van der Waals surface area contributed by atoms with E-state index in [1.807, 2.05) is 6.54 Å². The van der Waals surface area contributed by atoms with Crippen LogP contribution in [-0.2, 0) is 4.74 Å². The standard InChI is InChI=1S/C4H9N2O/c5-6-1-3-7-4-2-6/h1H,2-5H2. The summed E-state index contributed by atoms with van der Waals surface area (Å²) in [5, 5.41) is 1.64. The predicted molar refractivity (Wildman–Crippen MR) is 26.0 cm³/mol. The van der Waals surface area contributed by atoms with Crippen LogP contribution in [0.2, 0.25) is 0 Å². The monoisotopic (exact) mass is 101 g/mol. The Morgan fingerprint density at radius 3 is 2.86 bits per heavy atom. The molecule has 1 saturated heterocycles. The molecule has 1 radical (unpaired) electrons. The maximum atomic E-state index is 5.33. The summed E-state index contributed by atoms with van der Waals surface area (Å²) < 4.78 is 4.96. The van der Waals surface area contributed by atoms with Gasteiger partial charge in [0.2, 0.25) is 0 Å². The fourth-order valence-corrected chi connectivity index (χ4v) is 0.493. The first-order valence-electron chi connectivity index (χ1n) is 2.32. The predicted octanol–water partition coefficient (Wildman–Crippen LogP) is -0.646. The zero-order valence-corrected chi connectivity index (χ0v) is 4.13. The molecule has 1 aliphatic rings. The van der Waals surface area contributed by atoms with Crippen molar-refractivity contribution in [3.8, 4) is 0 Å². The Hall–Kier alpha value is -0.120. The molecule has 0 spiro atoms. The van der Waals surface area contributed by atoms with Crippen molar-refractivity contribution in [1.82, 2.24) is 5.01 Å². The average molecular weight is 101 g/mol. The van der Waals surface area contributed by atoms with Crippen molar-refractivity contribution in [1.29, 1.82) is 0 Å². The molecule has 1 aliphatic heterocycles. The van der Waals surface area contributed by atoms with E-state index in [0.29, 0.717) is 6.61 Å². The summed E-state index contributed by atoms with van der Waals surface area (Å²) in [6.45, 7) is 4.06. The molecular weight excluding hydrogens is 92.1 g/mol. The summed E-state index contributed by atoms with van der Waals surface area (Å²) in [5.74, 6) is 5.33. The minimum atomic E-state index is 0.663. The van der Waals surface area contributed by atoms with Crippen molar-refractivity contribution in [3.05, 3.63) is 6.54 Å². The van der Waals surface area contributed by atoms with Crippen LogP contribution >= 0.6 is 0 Å². The molecular formula is C4H9N2O. The van der Waals surface area contributed by atoms with Crippen LogP contribution in [0.4, 0.5) is 0 Å². The summed E-state index contributed by atoms with van der Waals surface area (Å²) in [5.41, 5.74) is 0. The lowest BCUT2D eigenvalue weighted by atomic mass is 10.5. The lowest BCUT2D eigenvalue weighted by Gasteiger charge is -2.20. The van der Waals surface area contributed by atoms with Crippen molar-refractivity contribution in [2.45, 2.75) is 0 Å². The molecule has 0 atom stereocenters. The molecule has 0 unspecified atom stereocenters. The highest BCUT2D eigenvalue weighted by Gasteiger charge is 2.03. The van der Waals surface area contributed by atoms with Gasteiger partial charge in [0.1, 0.15) is 0 Å². The van der Waals surface area contributed by atoms with Gasteiger partial charge < -0.3 is 4.74 Å². The van der Waals surface area contributed by atoms with Gasteiger partial charge in [0.25, 0.3) is 0 Å². The third kappa shape index (κ3) is 1.43. The Labute approximate surface area is 43.0 Å². The molecule has 0 amide bonds. The number of rotatable bonds is 0. The lowest BCUT2D eigenvalue weighted by Crippen LogP contribution is -2.37. The van der Waals surface area contributed by atoms with Crippen LogP contribution in [0.1, 0.15) is 0 Å². The number of nitrogens with zero attached hydrogens (tertiary/aromatic N) is 1. The average Bonchev–Trinajstić information content (AvgIpc) is 1.69. The largest absolute Gasteiger partial charge is 0.378 e. The molecule has 1 heterocycles. The van der Waals surface area contributed by atoms with Crippen LogP contribution in [0.3, 0.4) is 0 Å². The number of ether oxygens (including phenoxy) is 1. The van der Waals surface area contributed by atoms with E-state index in [9.17, 15) is 0 Å². The third-order valence-electron chi connectivity index (χ3n) is 0.921. The van der Waals surface area contributed by atoms with Gasteiger partial charge in [-0.3, -0.25) is 5.84 Å². The molecule has 0 aromatic carbocycles. The van der Waals surface area contributed by atoms with E-state index in [2.05, 4.69) is 0 Å². The van der Waals surface area contributed by atoms with Gasteiger partial charge in [-0.25, -0.2) is 5.01 Å². The van der Waals surface area contributed by atoms with Crippen LogP contribution in [0.15, 0.2) is 0 Å². The van der Waals surface area contributed by atoms with Gasteiger partial charge in [0.05, 0.1) is 19.8 Å². The molecule has 2 N–H and O–H groups in total. The van der Waals surface area contributed by atoms with Crippen molar-refractivity contribution in [2.24, 2.45) is 5.84 Å². The molecule has 1 fully saturated rings. The van der Waals surface area contributed by atoms with E-state index in [-0.39, 0.29) is 0 Å². The molecule has 0 aromatic heterocycles. The number of nitrogens with two attached hydrogens (primary N) is 1. The van der Waals surface area contributed by atoms with E-state index in [4.69, 9.17) is 10.6 Å². The SMILES string of the molecule is NN1[CH]COCC1. The minimum absolute atomic E-state index is 0.663. The van der Waals surface area contributed by atoms with Crippen molar-refractivity contribution in [3.63, 3.8) is 0 Å². The molecule has 1 rings (SSSR count). The molecule has 3 nitrogen and oxygen atoms in total. The van der Waals surface area contributed by atoms with E-state index in [0.717, 1.165) is 13.2 Å². The summed E-state index contributed by atoms with van der Waals surface area (Å²) in [6.07, 6.45) is 0. The Bertz CT molecular complexity index is 51.7. The third-order valence-corrected chi connectivity index (χ3v) is 0.921. The smallest absolute Gasteiger partial charge is 0.0667 e. The first-order chi connectivity index (χ1) is 3.39. The Morgan fingerprint density at radius 2 is 2.57 bits per heavy atom. The summed E-state index contributed by atoms with van der Waals surface area (Å²) in [4.78, 5) is 0. The van der Waals surface area contributed by atoms with Crippen LogP contribution in [-0.4, -0.2) is 24.8 Å². The fraction of sp³-hybridized carbons (Fsp3) is 0.750. The topological polar surface area (TPSA) is 38.5 Å². The van der Waals surface area contributed by atoms with Gasteiger partial charge in [-0.1, -0.05) is 0 Å². The van der Waals surface area contributed by atoms with Crippen LogP contribution in [0, 0.1) is 6.54 Å². The van der Waals surface area contributed by atoms with Gasteiger partial charge in [0.15, 0.2) is 0 Å². The second kappa shape index (κ2) is 2.26. The van der Waals surface area contributed by atoms with Gasteiger partial charge in [0, 0.05) is 6.54 Å². The zero-order chi connectivity index (χ0) is 5.11. The number of hydrogen-bond donors (Lipinski definition) is 1. The summed E-state index contributed by atoms with van der Waals surface area (Å²) in [6, 6.07) is 0. The molecule has 41 valence electrons. The van der Waals surface area contributed by atoms with Gasteiger partial charge in [-0.2, -0.15) is 0 Å². The fourth-order valence-electron chi connectivity index (χ4n) is 0.493. The first kappa shape index (κ1) is 5.03.